The number of carbonyl (C=O) groups excluding carboxylic acids is 1. The van der Waals surface area contributed by atoms with Gasteiger partial charge in [0, 0.05) is 16.0 Å². The Morgan fingerprint density at radius 1 is 1.23 bits per heavy atom. The van der Waals surface area contributed by atoms with Crippen molar-refractivity contribution in [3.8, 4) is 0 Å². The summed E-state index contributed by atoms with van der Waals surface area (Å²) in [5, 5.41) is 4.81. The van der Waals surface area contributed by atoms with Crippen molar-refractivity contribution in [1.29, 1.82) is 0 Å². The highest BCUT2D eigenvalue weighted by Crippen LogP contribution is 2.27. The third kappa shape index (κ3) is 4.47. The summed E-state index contributed by atoms with van der Waals surface area (Å²) >= 11 is 3.07. The number of carbonyl (C=O) groups is 1. The molecule has 3 rings (SSSR count). The number of thioether (sulfide) groups is 1. The Labute approximate surface area is 158 Å². The van der Waals surface area contributed by atoms with E-state index in [0.29, 0.717) is 16.9 Å². The number of rotatable bonds is 6. The summed E-state index contributed by atoms with van der Waals surface area (Å²) in [6.07, 6.45) is 0. The molecule has 1 N–H and O–H groups in total. The Bertz CT molecular complexity index is 900. The Morgan fingerprint density at radius 2 is 2.04 bits per heavy atom. The molecule has 3 aromatic rings. The van der Waals surface area contributed by atoms with Gasteiger partial charge in [0.25, 0.3) is 5.91 Å². The number of halogens is 2. The molecule has 0 aliphatic rings. The predicted octanol–water partition coefficient (Wildman–Crippen LogP) is 5.20. The maximum absolute atomic E-state index is 13.4. The molecule has 0 saturated carbocycles. The van der Waals surface area contributed by atoms with Gasteiger partial charge in [0.05, 0.1) is 22.8 Å². The van der Waals surface area contributed by atoms with Crippen LogP contribution >= 0.6 is 23.1 Å². The van der Waals surface area contributed by atoms with Crippen molar-refractivity contribution in [3.63, 3.8) is 0 Å². The van der Waals surface area contributed by atoms with Crippen LogP contribution in [0.2, 0.25) is 0 Å². The van der Waals surface area contributed by atoms with Crippen molar-refractivity contribution in [1.82, 2.24) is 10.3 Å². The zero-order valence-corrected chi connectivity index (χ0v) is 15.5. The van der Waals surface area contributed by atoms with Crippen LogP contribution in [0.15, 0.2) is 58.3 Å². The highest BCUT2D eigenvalue weighted by Gasteiger charge is 2.16. The summed E-state index contributed by atoms with van der Waals surface area (Å²) in [6, 6.07) is 10.5. The van der Waals surface area contributed by atoms with E-state index in [1.54, 1.807) is 24.6 Å². The zero-order chi connectivity index (χ0) is 18.5. The minimum absolute atomic E-state index is 0.261. The monoisotopic (exact) mass is 390 g/mol. The Balaban J connectivity index is 1.71. The number of hydrogen-bond acceptors (Lipinski definition) is 4. The van der Waals surface area contributed by atoms with E-state index in [4.69, 9.17) is 0 Å². The molecule has 0 aliphatic carbocycles. The Morgan fingerprint density at radius 3 is 2.77 bits per heavy atom. The topological polar surface area (TPSA) is 42.0 Å². The van der Waals surface area contributed by atoms with Crippen molar-refractivity contribution >= 4 is 29.0 Å². The second-order valence-corrected chi connectivity index (χ2v) is 7.37. The maximum atomic E-state index is 13.4. The van der Waals surface area contributed by atoms with Gasteiger partial charge >= 0.3 is 0 Å². The fourth-order valence-corrected chi connectivity index (χ4v) is 4.00. The molecule has 134 valence electrons. The van der Waals surface area contributed by atoms with E-state index in [1.807, 2.05) is 17.5 Å². The number of hydrogen-bond donors (Lipinski definition) is 1. The van der Waals surface area contributed by atoms with Crippen molar-refractivity contribution in [2.75, 3.05) is 0 Å². The van der Waals surface area contributed by atoms with E-state index < -0.39 is 17.7 Å². The first-order valence-electron chi connectivity index (χ1n) is 7.89. The molecule has 0 aliphatic heterocycles. The van der Waals surface area contributed by atoms with Crippen LogP contribution in [0.3, 0.4) is 0 Å². The number of aromatic nitrogens is 1. The quantitative estimate of drug-likeness (QED) is 0.588. The summed E-state index contributed by atoms with van der Waals surface area (Å²) in [7, 11) is 0. The number of nitrogens with one attached hydrogen (secondary N) is 1. The standard InChI is InChI=1S/C19H16F2N2OS2/c1-12(13-6-7-16(20)17(21)8-13)23-19(24)15-4-2-3-5-18(15)26-10-14-9-25-11-22-14/h2-9,11-12H,10H2,1H3,(H,23,24). The van der Waals surface area contributed by atoms with Crippen LogP contribution in [-0.2, 0) is 5.75 Å². The first-order valence-corrected chi connectivity index (χ1v) is 9.82. The number of benzene rings is 2. The summed E-state index contributed by atoms with van der Waals surface area (Å²) in [6.45, 7) is 1.73. The van der Waals surface area contributed by atoms with Crippen LogP contribution in [0, 0.1) is 11.6 Å². The third-order valence-electron chi connectivity index (χ3n) is 3.78. The van der Waals surface area contributed by atoms with Gasteiger partial charge in [-0.05, 0) is 36.8 Å². The highest BCUT2D eigenvalue weighted by atomic mass is 32.2. The lowest BCUT2D eigenvalue weighted by Crippen LogP contribution is -2.27. The fraction of sp³-hybridized carbons (Fsp3) is 0.158. The van der Waals surface area contributed by atoms with E-state index in [1.165, 1.54) is 29.2 Å². The first kappa shape index (κ1) is 18.5. The van der Waals surface area contributed by atoms with E-state index in [9.17, 15) is 13.6 Å². The predicted molar refractivity (Wildman–Crippen MR) is 100 cm³/mol. The van der Waals surface area contributed by atoms with Gasteiger partial charge in [-0.1, -0.05) is 18.2 Å². The molecular weight excluding hydrogens is 374 g/mol. The van der Waals surface area contributed by atoms with E-state index in [2.05, 4.69) is 10.3 Å². The van der Waals surface area contributed by atoms with Crippen molar-refractivity contribution < 1.29 is 13.6 Å². The van der Waals surface area contributed by atoms with Gasteiger partial charge in [-0.2, -0.15) is 0 Å². The molecule has 7 heteroatoms. The molecule has 1 aromatic heterocycles. The molecule has 0 spiro atoms. The largest absolute Gasteiger partial charge is 0.345 e. The van der Waals surface area contributed by atoms with Gasteiger partial charge < -0.3 is 5.32 Å². The van der Waals surface area contributed by atoms with Crippen molar-refractivity contribution in [2.45, 2.75) is 23.6 Å². The first-order chi connectivity index (χ1) is 12.5. The van der Waals surface area contributed by atoms with Crippen LogP contribution in [0.25, 0.3) is 0 Å². The van der Waals surface area contributed by atoms with Crippen LogP contribution in [0.4, 0.5) is 8.78 Å². The Hall–Kier alpha value is -2.25. The van der Waals surface area contributed by atoms with Crippen LogP contribution in [0.5, 0.6) is 0 Å². The maximum Gasteiger partial charge on any atom is 0.252 e. The lowest BCUT2D eigenvalue weighted by atomic mass is 10.1. The minimum atomic E-state index is -0.928. The van der Waals surface area contributed by atoms with Gasteiger partial charge in [-0.25, -0.2) is 13.8 Å². The summed E-state index contributed by atoms with van der Waals surface area (Å²) in [5.74, 6) is -1.42. The van der Waals surface area contributed by atoms with Gasteiger partial charge in [0.15, 0.2) is 11.6 Å². The number of amides is 1. The second-order valence-electron chi connectivity index (χ2n) is 5.63. The average molecular weight is 390 g/mol. The normalized spacial score (nSPS) is 12.0. The summed E-state index contributed by atoms with van der Waals surface area (Å²) < 4.78 is 26.5. The van der Waals surface area contributed by atoms with Gasteiger partial charge in [0.1, 0.15) is 0 Å². The number of thiazole rings is 1. The highest BCUT2D eigenvalue weighted by molar-refractivity contribution is 7.98. The Kier molecular flexibility index (Phi) is 6.00. The molecule has 1 amide bonds. The lowest BCUT2D eigenvalue weighted by Gasteiger charge is -2.16. The van der Waals surface area contributed by atoms with Crippen LogP contribution in [0.1, 0.15) is 34.6 Å². The molecule has 0 bridgehead atoms. The van der Waals surface area contributed by atoms with E-state index in [-0.39, 0.29) is 5.91 Å². The molecule has 26 heavy (non-hydrogen) atoms. The molecule has 1 atom stereocenters. The average Bonchev–Trinajstić information content (AvgIpc) is 3.16. The zero-order valence-electron chi connectivity index (χ0n) is 13.9. The van der Waals surface area contributed by atoms with Gasteiger partial charge in [-0.3, -0.25) is 4.79 Å². The molecule has 1 heterocycles. The lowest BCUT2D eigenvalue weighted by molar-refractivity contribution is 0.0937. The second kappa shape index (κ2) is 8.42. The molecule has 0 saturated heterocycles. The molecule has 1 unspecified atom stereocenters. The number of nitrogens with zero attached hydrogens (tertiary/aromatic N) is 1. The van der Waals surface area contributed by atoms with Crippen LogP contribution < -0.4 is 5.32 Å². The summed E-state index contributed by atoms with van der Waals surface area (Å²) in [5.41, 5.74) is 3.79. The van der Waals surface area contributed by atoms with Crippen LogP contribution in [-0.4, -0.2) is 10.9 Å². The fourth-order valence-electron chi connectivity index (χ4n) is 2.38. The third-order valence-corrected chi connectivity index (χ3v) is 5.52. The van der Waals surface area contributed by atoms with E-state index >= 15 is 0 Å². The molecule has 0 radical (unpaired) electrons. The van der Waals surface area contributed by atoms with Crippen molar-refractivity contribution in [2.24, 2.45) is 0 Å². The minimum Gasteiger partial charge on any atom is -0.345 e. The molecule has 3 nitrogen and oxygen atoms in total. The SMILES string of the molecule is CC(NC(=O)c1ccccc1SCc1cscn1)c1ccc(F)c(F)c1. The van der Waals surface area contributed by atoms with Crippen molar-refractivity contribution in [3.05, 3.63) is 81.8 Å². The van der Waals surface area contributed by atoms with E-state index in [0.717, 1.165) is 22.7 Å². The smallest absolute Gasteiger partial charge is 0.252 e. The molecule has 0 fully saturated rings. The molecular formula is C19H16F2N2OS2. The van der Waals surface area contributed by atoms with Gasteiger partial charge in [0.2, 0.25) is 0 Å². The van der Waals surface area contributed by atoms with Gasteiger partial charge in [-0.15, -0.1) is 23.1 Å². The summed E-state index contributed by atoms with van der Waals surface area (Å²) in [4.78, 5) is 17.7. The molecule has 2 aromatic carbocycles.